The number of carboxylic acid groups (broad SMARTS) is 1. The van der Waals surface area contributed by atoms with Gasteiger partial charge in [0.25, 0.3) is 0 Å². The molecule has 0 aromatic heterocycles. The first-order chi connectivity index (χ1) is 10.7. The van der Waals surface area contributed by atoms with E-state index in [1.165, 1.54) is 0 Å². The highest BCUT2D eigenvalue weighted by molar-refractivity contribution is 5.83. The molecule has 0 fully saturated rings. The molecular formula is C15H20N2O6. The zero-order valence-electron chi connectivity index (χ0n) is 13.2. The van der Waals surface area contributed by atoms with E-state index in [1.807, 2.05) is 16.7 Å². The Morgan fingerprint density at radius 1 is 1.09 bits per heavy atom. The Morgan fingerprint density at radius 3 is 2.17 bits per heavy atom. The predicted octanol–water partition coefficient (Wildman–Crippen LogP) is 1.85. The molecule has 1 aromatic carbocycles. The Bertz CT molecular complexity index is 553. The monoisotopic (exact) mass is 324 g/mol. The van der Waals surface area contributed by atoms with Gasteiger partial charge >= 0.3 is 18.2 Å². The second kappa shape index (κ2) is 8.02. The Kier molecular flexibility index (Phi) is 6.37. The quantitative estimate of drug-likeness (QED) is 0.712. The van der Waals surface area contributed by atoms with E-state index in [-0.39, 0.29) is 6.61 Å². The van der Waals surface area contributed by atoms with Crippen LogP contribution in [0.2, 0.25) is 0 Å². The van der Waals surface area contributed by atoms with Gasteiger partial charge in [-0.1, -0.05) is 30.3 Å². The number of amides is 2. The molecule has 0 aliphatic heterocycles. The first-order valence-electron chi connectivity index (χ1n) is 6.87. The second-order valence-corrected chi connectivity index (χ2v) is 5.62. The van der Waals surface area contributed by atoms with Crippen LogP contribution in [0.4, 0.5) is 9.59 Å². The van der Waals surface area contributed by atoms with E-state index in [1.54, 1.807) is 45.0 Å². The molecule has 1 rings (SSSR count). The highest BCUT2D eigenvalue weighted by Crippen LogP contribution is 2.06. The van der Waals surface area contributed by atoms with Crippen LogP contribution < -0.4 is 10.6 Å². The molecule has 0 aliphatic carbocycles. The van der Waals surface area contributed by atoms with Crippen LogP contribution in [0.5, 0.6) is 0 Å². The van der Waals surface area contributed by atoms with Crippen molar-refractivity contribution in [1.82, 2.24) is 10.6 Å². The lowest BCUT2D eigenvalue weighted by atomic mass is 10.2. The fourth-order valence-corrected chi connectivity index (χ4v) is 1.47. The molecule has 0 radical (unpaired) electrons. The van der Waals surface area contributed by atoms with Crippen LogP contribution in [0.1, 0.15) is 26.3 Å². The molecule has 1 atom stereocenters. The lowest BCUT2D eigenvalue weighted by Gasteiger charge is -2.22. The van der Waals surface area contributed by atoms with Gasteiger partial charge in [0, 0.05) is 0 Å². The van der Waals surface area contributed by atoms with Gasteiger partial charge in [0.15, 0.2) is 0 Å². The largest absolute Gasteiger partial charge is 0.478 e. The van der Waals surface area contributed by atoms with E-state index in [4.69, 9.17) is 14.6 Å². The van der Waals surface area contributed by atoms with E-state index < -0.39 is 29.9 Å². The minimum atomic E-state index is -1.66. The maximum Gasteiger partial charge on any atom is 0.409 e. The van der Waals surface area contributed by atoms with E-state index in [9.17, 15) is 14.4 Å². The zero-order chi connectivity index (χ0) is 17.5. The number of carbonyl (C=O) groups is 3. The predicted molar refractivity (Wildman–Crippen MR) is 80.6 cm³/mol. The summed E-state index contributed by atoms with van der Waals surface area (Å²) in [7, 11) is 0. The number of alkyl carbamates (subject to hydrolysis) is 2. The summed E-state index contributed by atoms with van der Waals surface area (Å²) in [5.74, 6) is -1.45. The molecular weight excluding hydrogens is 304 g/mol. The number of rotatable bonds is 5. The summed E-state index contributed by atoms with van der Waals surface area (Å²) >= 11 is 0. The third kappa shape index (κ3) is 7.70. The Hall–Kier alpha value is -2.77. The van der Waals surface area contributed by atoms with Crippen LogP contribution in [0.3, 0.4) is 0 Å². The average Bonchev–Trinajstić information content (AvgIpc) is 2.43. The highest BCUT2D eigenvalue weighted by Gasteiger charge is 2.25. The topological polar surface area (TPSA) is 114 Å². The van der Waals surface area contributed by atoms with Crippen molar-refractivity contribution in [3.63, 3.8) is 0 Å². The summed E-state index contributed by atoms with van der Waals surface area (Å²) in [5, 5.41) is 13.1. The van der Waals surface area contributed by atoms with Crippen LogP contribution in [0.25, 0.3) is 0 Å². The van der Waals surface area contributed by atoms with Crippen molar-refractivity contribution in [2.45, 2.75) is 39.1 Å². The average molecular weight is 324 g/mol. The number of aliphatic carboxylic acids is 1. The molecule has 1 aromatic rings. The van der Waals surface area contributed by atoms with E-state index in [0.29, 0.717) is 0 Å². The van der Waals surface area contributed by atoms with Crippen molar-refractivity contribution in [2.24, 2.45) is 0 Å². The van der Waals surface area contributed by atoms with Crippen molar-refractivity contribution in [3.05, 3.63) is 35.9 Å². The Labute approximate surface area is 133 Å². The second-order valence-electron chi connectivity index (χ2n) is 5.62. The van der Waals surface area contributed by atoms with Crippen molar-refractivity contribution >= 4 is 18.2 Å². The van der Waals surface area contributed by atoms with Crippen LogP contribution in [-0.4, -0.2) is 35.0 Å². The van der Waals surface area contributed by atoms with Crippen LogP contribution in [0, 0.1) is 0 Å². The lowest BCUT2D eigenvalue weighted by molar-refractivity contribution is -0.140. The zero-order valence-corrected chi connectivity index (χ0v) is 13.2. The third-order valence-electron chi connectivity index (χ3n) is 2.38. The lowest BCUT2D eigenvalue weighted by Crippen LogP contribution is -2.53. The van der Waals surface area contributed by atoms with Gasteiger partial charge in [0.2, 0.25) is 6.17 Å². The molecule has 0 unspecified atom stereocenters. The van der Waals surface area contributed by atoms with Gasteiger partial charge in [-0.3, -0.25) is 10.6 Å². The van der Waals surface area contributed by atoms with Crippen molar-refractivity contribution in [1.29, 1.82) is 0 Å². The van der Waals surface area contributed by atoms with E-state index in [2.05, 4.69) is 0 Å². The summed E-state index contributed by atoms with van der Waals surface area (Å²) in [6.45, 7) is 4.86. The summed E-state index contributed by atoms with van der Waals surface area (Å²) in [5.41, 5.74) is -0.0457. The van der Waals surface area contributed by atoms with E-state index in [0.717, 1.165) is 5.56 Å². The normalized spacial score (nSPS) is 12.0. The molecule has 3 N–H and O–H groups in total. The maximum absolute atomic E-state index is 11.6. The highest BCUT2D eigenvalue weighted by atomic mass is 16.6. The van der Waals surface area contributed by atoms with Gasteiger partial charge in [-0.25, -0.2) is 14.4 Å². The maximum atomic E-state index is 11.6. The van der Waals surface area contributed by atoms with Gasteiger partial charge in [-0.2, -0.15) is 0 Å². The molecule has 0 heterocycles. The number of hydrogen-bond acceptors (Lipinski definition) is 5. The molecule has 0 saturated heterocycles. The first-order valence-corrected chi connectivity index (χ1v) is 6.87. The third-order valence-corrected chi connectivity index (χ3v) is 2.38. The van der Waals surface area contributed by atoms with E-state index >= 15 is 0 Å². The van der Waals surface area contributed by atoms with Crippen LogP contribution >= 0.6 is 0 Å². The summed E-state index contributed by atoms with van der Waals surface area (Å²) < 4.78 is 9.81. The molecule has 0 aliphatic rings. The number of carbonyl (C=O) groups excluding carboxylic acids is 2. The molecule has 0 saturated carbocycles. The van der Waals surface area contributed by atoms with Gasteiger partial charge in [-0.05, 0) is 26.3 Å². The van der Waals surface area contributed by atoms with Crippen molar-refractivity contribution in [2.75, 3.05) is 0 Å². The summed E-state index contributed by atoms with van der Waals surface area (Å²) in [6.07, 6.45) is -3.60. The Balaban J connectivity index is 2.50. The van der Waals surface area contributed by atoms with Crippen LogP contribution in [-0.2, 0) is 20.9 Å². The van der Waals surface area contributed by atoms with Gasteiger partial charge < -0.3 is 14.6 Å². The number of benzene rings is 1. The molecule has 8 heteroatoms. The number of nitrogens with one attached hydrogen (secondary N) is 2. The number of carboxylic acids is 1. The smallest absolute Gasteiger partial charge is 0.409 e. The van der Waals surface area contributed by atoms with Gasteiger partial charge in [0.1, 0.15) is 12.2 Å². The SMILES string of the molecule is CC(C)(C)OC(=O)N[C@H](NC(=O)OCc1ccccc1)C(=O)O. The van der Waals surface area contributed by atoms with Crippen LogP contribution in [0.15, 0.2) is 30.3 Å². The molecule has 23 heavy (non-hydrogen) atoms. The molecule has 2 amide bonds. The molecule has 126 valence electrons. The minimum absolute atomic E-state index is 0.0224. The molecule has 0 bridgehead atoms. The summed E-state index contributed by atoms with van der Waals surface area (Å²) in [6, 6.07) is 8.87. The fourth-order valence-electron chi connectivity index (χ4n) is 1.47. The summed E-state index contributed by atoms with van der Waals surface area (Å²) in [4.78, 5) is 34.2. The van der Waals surface area contributed by atoms with Gasteiger partial charge in [-0.15, -0.1) is 0 Å². The standard InChI is InChI=1S/C15H20N2O6/c1-15(2,3)23-14(21)17-11(12(18)19)16-13(20)22-9-10-7-5-4-6-8-10/h4-8,11H,9H2,1-3H3,(H,16,20)(H,17,21)(H,18,19)/t11-/m0/s1. The fraction of sp³-hybridized carbons (Fsp3) is 0.400. The number of hydrogen-bond donors (Lipinski definition) is 3. The van der Waals surface area contributed by atoms with Gasteiger partial charge in [0.05, 0.1) is 0 Å². The first kappa shape index (κ1) is 18.3. The van der Waals surface area contributed by atoms with Crippen molar-refractivity contribution < 1.29 is 29.0 Å². The number of ether oxygens (including phenoxy) is 2. The molecule has 0 spiro atoms. The van der Waals surface area contributed by atoms with Crippen molar-refractivity contribution in [3.8, 4) is 0 Å². The molecule has 8 nitrogen and oxygen atoms in total. The Morgan fingerprint density at radius 2 is 1.65 bits per heavy atom. The minimum Gasteiger partial charge on any atom is -0.478 e.